The van der Waals surface area contributed by atoms with Crippen molar-refractivity contribution in [3.05, 3.63) is 0 Å². The Kier molecular flexibility index (Phi) is 63.4. The van der Waals surface area contributed by atoms with E-state index in [0.29, 0.717) is 72.6 Å². The van der Waals surface area contributed by atoms with E-state index >= 15 is 0 Å². The predicted octanol–water partition coefficient (Wildman–Crippen LogP) is 3.27. The Labute approximate surface area is 361 Å². The van der Waals surface area contributed by atoms with E-state index < -0.39 is 38.4 Å². The number of carboxylic acid groups (broad SMARTS) is 2. The number of rotatable bonds is 28. The lowest BCUT2D eigenvalue weighted by atomic mass is 10.5. The molecule has 1 amide bonds. The van der Waals surface area contributed by atoms with Crippen LogP contribution in [0.4, 0.5) is 0 Å². The Hall–Kier alpha value is -1.91. The summed E-state index contributed by atoms with van der Waals surface area (Å²) in [7, 11) is -5.92. The third-order valence-electron chi connectivity index (χ3n) is 6.02. The minimum Gasteiger partial charge on any atom is -0.550 e. The molecule has 0 aromatic rings. The number of hydrogen-bond acceptors (Lipinski definition) is 16. The maximum Gasteiger partial charge on any atom is 0.501 e. The number of carbonyl (C=O) groups excluding carboxylic acids is 3. The molecule has 19 nitrogen and oxygen atoms in total. The zero-order valence-corrected chi connectivity index (χ0v) is 41.6. The van der Waals surface area contributed by atoms with Crippen LogP contribution < -0.4 is 21.9 Å². The van der Waals surface area contributed by atoms with Crippen molar-refractivity contribution in [2.45, 2.75) is 135 Å². The number of hydrogen-bond donors (Lipinski definition) is 4. The van der Waals surface area contributed by atoms with Gasteiger partial charge in [0.25, 0.3) is 5.97 Å². The molecule has 0 aliphatic heterocycles. The highest BCUT2D eigenvalue weighted by Gasteiger charge is 2.41. The Morgan fingerprint density at radius 2 is 0.797 bits per heavy atom. The molecule has 0 unspecified atom stereocenters. The number of ether oxygens (including phenoxy) is 1. The van der Waals surface area contributed by atoms with Gasteiger partial charge in [0.2, 0.25) is 5.91 Å². The second-order valence-corrected chi connectivity index (χ2v) is 19.3. The lowest BCUT2D eigenvalue weighted by Crippen LogP contribution is -2.52. The molecule has 0 aliphatic rings. The molecule has 7 N–H and O–H groups in total. The molecule has 0 radical (unpaired) electrons. The first-order valence-corrected chi connectivity index (χ1v) is 26.0. The first kappa shape index (κ1) is 71.6. The Morgan fingerprint density at radius 1 is 0.576 bits per heavy atom. The van der Waals surface area contributed by atoms with Crippen LogP contribution in [0.5, 0.6) is 0 Å². The average molecular weight is 916 g/mol. The second kappa shape index (κ2) is 52.2. The van der Waals surface area contributed by atoms with Gasteiger partial charge in [0.05, 0.1) is 13.7 Å². The molecule has 0 aliphatic carbocycles. The van der Waals surface area contributed by atoms with Crippen molar-refractivity contribution in [1.82, 2.24) is 5.32 Å². The molecule has 59 heavy (non-hydrogen) atoms. The van der Waals surface area contributed by atoms with E-state index in [-0.39, 0.29) is 19.3 Å². The van der Waals surface area contributed by atoms with Gasteiger partial charge in [0, 0.05) is 117 Å². The van der Waals surface area contributed by atoms with Gasteiger partial charge >= 0.3 is 32.4 Å². The van der Waals surface area contributed by atoms with Gasteiger partial charge in [-0.25, -0.2) is 0 Å². The van der Waals surface area contributed by atoms with Crippen molar-refractivity contribution < 1.29 is 79.7 Å². The Bertz CT molecular complexity index is 831. The quantitative estimate of drug-likeness (QED) is 0.0498. The van der Waals surface area contributed by atoms with Crippen LogP contribution in [0.3, 0.4) is 0 Å². The van der Waals surface area contributed by atoms with Gasteiger partial charge < -0.3 is 76.4 Å². The largest absolute Gasteiger partial charge is 0.550 e. The van der Waals surface area contributed by atoms with Crippen LogP contribution in [-0.2, 0) is 63.7 Å². The van der Waals surface area contributed by atoms with E-state index in [0.717, 1.165) is 57.8 Å². The lowest BCUT2D eigenvalue weighted by molar-refractivity contribution is -0.367. The molecule has 0 heterocycles. The minimum atomic E-state index is -2.52. The smallest absolute Gasteiger partial charge is 0.501 e. The van der Waals surface area contributed by atoms with E-state index in [9.17, 15) is 9.59 Å². The summed E-state index contributed by atoms with van der Waals surface area (Å²) in [5.41, 5.74) is 9.30. The highest BCUT2D eigenvalue weighted by molar-refractivity contribution is 6.61. The maximum absolute atomic E-state index is 10.8. The Morgan fingerprint density at radius 3 is 0.966 bits per heavy atom. The number of quaternary nitrogens is 1. The topological polar surface area (TPSA) is 270 Å². The summed E-state index contributed by atoms with van der Waals surface area (Å²) in [5, 5.41) is 19.1. The summed E-state index contributed by atoms with van der Waals surface area (Å²) in [6.45, 7) is 30.4. The molecule has 0 aromatic carbocycles. The SMILES string of the molecule is C.CC(=O)O.CC(=O)[O-].CCO[Si](CCCN)(OCC)OCC.CCO[Si](CCCNC(C)=O)(OCC)OCC.CCO[Si](CCC[NH3+])(OCC)OCC.COC(C)=O. The molecule has 0 saturated carbocycles. The fourth-order valence-electron chi connectivity index (χ4n) is 4.23. The molecule has 0 atom stereocenters. The molecule has 0 saturated heterocycles. The second-order valence-electron chi connectivity index (χ2n) is 11.1. The van der Waals surface area contributed by atoms with Gasteiger partial charge in [-0.05, 0) is 88.6 Å². The lowest BCUT2D eigenvalue weighted by Gasteiger charge is -2.28. The van der Waals surface area contributed by atoms with Gasteiger partial charge in [-0.1, -0.05) is 7.43 Å². The summed E-state index contributed by atoms with van der Waals surface area (Å²) in [5.74, 6) is -2.17. The number of nitrogens with one attached hydrogen (secondary N) is 1. The van der Waals surface area contributed by atoms with Crippen LogP contribution in [0.2, 0.25) is 18.1 Å². The zero-order chi connectivity index (χ0) is 46.3. The third-order valence-corrected chi connectivity index (χ3v) is 15.5. The number of carbonyl (C=O) groups is 4. The van der Waals surface area contributed by atoms with Crippen LogP contribution in [0.1, 0.15) is 117 Å². The van der Waals surface area contributed by atoms with Crippen molar-refractivity contribution >= 4 is 50.2 Å². The highest BCUT2D eigenvalue weighted by Crippen LogP contribution is 2.19. The summed E-state index contributed by atoms with van der Waals surface area (Å²) in [6.07, 6.45) is 2.71. The van der Waals surface area contributed by atoms with Crippen molar-refractivity contribution in [2.75, 3.05) is 86.2 Å². The zero-order valence-electron chi connectivity index (χ0n) is 38.6. The highest BCUT2D eigenvalue weighted by atomic mass is 28.4. The Balaban J connectivity index is -0.000000119. The van der Waals surface area contributed by atoms with E-state index in [1.807, 2.05) is 62.3 Å². The minimum absolute atomic E-state index is 0. The number of aliphatic carboxylic acids is 2. The van der Waals surface area contributed by atoms with Gasteiger partial charge in [0.1, 0.15) is 0 Å². The molecule has 0 rings (SSSR count). The normalized spacial score (nSPS) is 10.4. The van der Waals surface area contributed by atoms with E-state index in [2.05, 4.69) is 15.8 Å². The van der Waals surface area contributed by atoms with Crippen molar-refractivity contribution in [2.24, 2.45) is 5.73 Å². The van der Waals surface area contributed by atoms with Gasteiger partial charge in [0.15, 0.2) is 0 Å². The van der Waals surface area contributed by atoms with E-state index in [1.165, 1.54) is 21.0 Å². The maximum atomic E-state index is 10.8. The number of esters is 1. The van der Waals surface area contributed by atoms with Gasteiger partial charge in [-0.3, -0.25) is 14.4 Å². The molecule has 0 bridgehead atoms. The fraction of sp³-hybridized carbons (Fsp3) is 0.892. The molecule has 0 aromatic heterocycles. The van der Waals surface area contributed by atoms with Crippen molar-refractivity contribution in [3.63, 3.8) is 0 Å². The van der Waals surface area contributed by atoms with Gasteiger partial charge in [-0.15, -0.1) is 0 Å². The third kappa shape index (κ3) is 56.1. The molecule has 22 heteroatoms. The molecule has 0 fully saturated rings. The van der Waals surface area contributed by atoms with E-state index in [1.54, 1.807) is 0 Å². The molecular formula is C37H89N3O16Si3. The average Bonchev–Trinajstić information content (AvgIpc) is 3.13. The standard InChI is InChI=1S/C11H25NO4Si.2C9H23NO3Si.C3H6O2.2C2H4O2.CH4/c1-5-14-17(15-6-2,16-7-3)10-8-9-12-11(4)13;2*1-4-11-14(12-5-2,13-6-3)9-7-8-10;1-3(4)5-2;2*1-2(3)4;/h5-10H2,1-4H3,(H,12,13);2*4-10H2,1-3H3;1-2H3;2*1H3,(H,3,4);1H4. The van der Waals surface area contributed by atoms with Gasteiger partial charge in [-0.2, -0.15) is 0 Å². The summed E-state index contributed by atoms with van der Waals surface area (Å²) in [6, 6.07) is 2.44. The molecule has 360 valence electrons. The first-order valence-electron chi connectivity index (χ1n) is 20.2. The van der Waals surface area contributed by atoms with Crippen LogP contribution in [0, 0.1) is 0 Å². The monoisotopic (exact) mass is 916 g/mol. The number of nitrogens with two attached hydrogens (primary N) is 1. The molecule has 0 spiro atoms. The number of carboxylic acids is 2. The number of methoxy groups -OCH3 is 1. The molecular weight excluding hydrogens is 827 g/mol. The summed E-state index contributed by atoms with van der Waals surface area (Å²) in [4.78, 5) is 38.2. The van der Waals surface area contributed by atoms with Crippen molar-refractivity contribution in [1.29, 1.82) is 0 Å². The first-order chi connectivity index (χ1) is 27.3. The summed E-state index contributed by atoms with van der Waals surface area (Å²) >= 11 is 0. The van der Waals surface area contributed by atoms with Crippen LogP contribution in [0.25, 0.3) is 0 Å². The predicted molar refractivity (Wildman–Crippen MR) is 234 cm³/mol. The fourth-order valence-corrected chi connectivity index (χ4v) is 12.2. The number of amides is 1. The van der Waals surface area contributed by atoms with E-state index in [4.69, 9.17) is 65.4 Å². The van der Waals surface area contributed by atoms with Crippen LogP contribution in [-0.4, -0.2) is 142 Å². The van der Waals surface area contributed by atoms with Crippen LogP contribution in [0.15, 0.2) is 0 Å². The van der Waals surface area contributed by atoms with Crippen LogP contribution >= 0.6 is 0 Å². The van der Waals surface area contributed by atoms with Crippen molar-refractivity contribution in [3.8, 4) is 0 Å². The summed E-state index contributed by atoms with van der Waals surface area (Å²) < 4.78 is 55.2.